The van der Waals surface area contributed by atoms with Crippen LogP contribution in [0.3, 0.4) is 0 Å². The number of esters is 1. The Bertz CT molecular complexity index is 715. The summed E-state index contributed by atoms with van der Waals surface area (Å²) in [6.45, 7) is 6.90. The lowest BCUT2D eigenvalue weighted by atomic mass is 9.75. The van der Waals surface area contributed by atoms with Crippen molar-refractivity contribution in [3.63, 3.8) is 0 Å². The van der Waals surface area contributed by atoms with Crippen LogP contribution in [0.2, 0.25) is 0 Å². The molecular formula is C22H30O4S2. The van der Waals surface area contributed by atoms with E-state index in [1.165, 1.54) is 12.8 Å². The predicted octanol–water partition coefficient (Wildman–Crippen LogP) is 5.90. The molecule has 4 rings (SSSR count). The Morgan fingerprint density at radius 1 is 1.18 bits per heavy atom. The average molecular weight is 423 g/mol. The molecule has 154 valence electrons. The minimum absolute atomic E-state index is 0.0195. The molecule has 6 heteroatoms. The minimum atomic E-state index is -0.242. The number of rotatable bonds is 4. The molecule has 1 saturated carbocycles. The van der Waals surface area contributed by atoms with Gasteiger partial charge in [-0.2, -0.15) is 0 Å². The van der Waals surface area contributed by atoms with E-state index in [1.54, 1.807) is 0 Å². The lowest BCUT2D eigenvalue weighted by molar-refractivity contribution is -0.0177. The number of carbonyl (C=O) groups is 1. The molecule has 1 aliphatic carbocycles. The Hall–Kier alpha value is -1.01. The van der Waals surface area contributed by atoms with E-state index < -0.39 is 0 Å². The van der Waals surface area contributed by atoms with Gasteiger partial charge in [-0.1, -0.05) is 33.3 Å². The van der Waals surface area contributed by atoms with E-state index >= 15 is 0 Å². The van der Waals surface area contributed by atoms with Gasteiger partial charge in [0.25, 0.3) is 0 Å². The van der Waals surface area contributed by atoms with Gasteiger partial charge < -0.3 is 14.2 Å². The van der Waals surface area contributed by atoms with Crippen LogP contribution < -0.4 is 9.47 Å². The highest BCUT2D eigenvalue weighted by Crippen LogP contribution is 2.49. The summed E-state index contributed by atoms with van der Waals surface area (Å²) in [7, 11) is 0. The van der Waals surface area contributed by atoms with E-state index in [0.29, 0.717) is 34.8 Å². The fourth-order valence-electron chi connectivity index (χ4n) is 4.51. The highest BCUT2D eigenvalue weighted by molar-refractivity contribution is 8.16. The molecule has 4 nitrogen and oxygen atoms in total. The molecule has 1 saturated heterocycles. The number of ether oxygens (including phenoxy) is 3. The van der Waals surface area contributed by atoms with Gasteiger partial charge in [-0.25, -0.2) is 4.79 Å². The monoisotopic (exact) mass is 422 g/mol. The van der Waals surface area contributed by atoms with Crippen LogP contribution in [0, 0.1) is 17.8 Å². The van der Waals surface area contributed by atoms with Crippen LogP contribution in [-0.2, 0) is 4.74 Å². The largest absolute Gasteiger partial charge is 0.458 e. The van der Waals surface area contributed by atoms with E-state index in [-0.39, 0.29) is 23.4 Å². The molecule has 0 bridgehead atoms. The molecule has 0 N–H and O–H groups in total. The van der Waals surface area contributed by atoms with Crippen molar-refractivity contribution >= 4 is 29.5 Å². The SMILES string of the molecule is CC(C)[C@@H]1CC[C@@H](C)C[C@H]1OC(=O)c1c(C2SCCCS2)ccc2c1OCO2. The standard InChI is InChI=1S/C22H30O4S2/c1-13(2)15-6-5-14(3)11-18(15)26-21(23)19-16(22-27-9-4-10-28-22)7-8-17-20(19)25-12-24-17/h7-8,13-15,18,22H,4-6,9-12H2,1-3H3/t14-,15+,18-/m1/s1. The summed E-state index contributed by atoms with van der Waals surface area (Å²) in [6.07, 6.45) is 4.49. The van der Waals surface area contributed by atoms with E-state index in [4.69, 9.17) is 14.2 Å². The van der Waals surface area contributed by atoms with Crippen molar-refractivity contribution in [1.82, 2.24) is 0 Å². The van der Waals surface area contributed by atoms with Crippen LogP contribution in [0.15, 0.2) is 12.1 Å². The minimum Gasteiger partial charge on any atom is -0.458 e. The molecule has 3 aliphatic rings. The first kappa shape index (κ1) is 20.3. The molecule has 0 aromatic heterocycles. The van der Waals surface area contributed by atoms with Crippen molar-refractivity contribution in [3.05, 3.63) is 23.3 Å². The van der Waals surface area contributed by atoms with E-state index in [9.17, 15) is 4.79 Å². The normalized spacial score (nSPS) is 27.8. The molecule has 2 fully saturated rings. The second-order valence-corrected chi connectivity index (χ2v) is 11.2. The Morgan fingerprint density at radius 2 is 1.96 bits per heavy atom. The molecule has 0 spiro atoms. The predicted molar refractivity (Wildman–Crippen MR) is 115 cm³/mol. The molecule has 3 atom stereocenters. The van der Waals surface area contributed by atoms with Crippen LogP contribution in [0.25, 0.3) is 0 Å². The van der Waals surface area contributed by atoms with Crippen LogP contribution in [0.4, 0.5) is 0 Å². The van der Waals surface area contributed by atoms with Crippen LogP contribution in [0.1, 0.15) is 67.0 Å². The Balaban J connectivity index is 1.63. The smallest absolute Gasteiger partial charge is 0.342 e. The third-order valence-corrected chi connectivity index (χ3v) is 9.06. The van der Waals surface area contributed by atoms with Crippen molar-refractivity contribution in [3.8, 4) is 11.5 Å². The highest BCUT2D eigenvalue weighted by atomic mass is 32.2. The molecule has 2 heterocycles. The quantitative estimate of drug-likeness (QED) is 0.563. The molecule has 0 radical (unpaired) electrons. The van der Waals surface area contributed by atoms with Gasteiger partial charge in [0.2, 0.25) is 6.79 Å². The molecule has 1 aromatic rings. The summed E-state index contributed by atoms with van der Waals surface area (Å²) in [4.78, 5) is 13.4. The molecule has 28 heavy (non-hydrogen) atoms. The summed E-state index contributed by atoms with van der Waals surface area (Å²) < 4.78 is 17.7. The summed E-state index contributed by atoms with van der Waals surface area (Å²) in [5.41, 5.74) is 1.61. The van der Waals surface area contributed by atoms with Gasteiger partial charge in [-0.15, -0.1) is 23.5 Å². The maximum atomic E-state index is 13.4. The van der Waals surface area contributed by atoms with Gasteiger partial charge >= 0.3 is 5.97 Å². The summed E-state index contributed by atoms with van der Waals surface area (Å²) in [5.74, 6) is 4.75. The lowest BCUT2D eigenvalue weighted by Crippen LogP contribution is -2.36. The first-order valence-corrected chi connectivity index (χ1v) is 12.5. The molecule has 0 unspecified atom stereocenters. The average Bonchev–Trinajstić information content (AvgIpc) is 3.16. The number of carbonyl (C=O) groups excluding carboxylic acids is 1. The Labute approximate surface area is 176 Å². The molecule has 2 aliphatic heterocycles. The van der Waals surface area contributed by atoms with Crippen LogP contribution in [-0.4, -0.2) is 30.4 Å². The fourth-order valence-corrected chi connectivity index (χ4v) is 7.46. The van der Waals surface area contributed by atoms with Crippen molar-refractivity contribution in [2.45, 2.75) is 57.1 Å². The maximum absolute atomic E-state index is 13.4. The van der Waals surface area contributed by atoms with Gasteiger partial charge in [0.05, 0.1) is 4.58 Å². The zero-order valence-electron chi connectivity index (χ0n) is 16.9. The first-order valence-electron chi connectivity index (χ1n) is 10.4. The van der Waals surface area contributed by atoms with Crippen LogP contribution in [0.5, 0.6) is 11.5 Å². The zero-order chi connectivity index (χ0) is 19.7. The van der Waals surface area contributed by atoms with Crippen molar-refractivity contribution < 1.29 is 19.0 Å². The summed E-state index contributed by atoms with van der Waals surface area (Å²) in [6, 6.07) is 3.97. The summed E-state index contributed by atoms with van der Waals surface area (Å²) >= 11 is 3.81. The number of hydrogen-bond donors (Lipinski definition) is 0. The van der Waals surface area contributed by atoms with Gasteiger partial charge in [0.1, 0.15) is 11.7 Å². The van der Waals surface area contributed by atoms with Gasteiger partial charge in [0.15, 0.2) is 11.5 Å². The third kappa shape index (κ3) is 4.13. The van der Waals surface area contributed by atoms with Crippen molar-refractivity contribution in [2.75, 3.05) is 18.3 Å². The van der Waals surface area contributed by atoms with E-state index in [2.05, 4.69) is 20.8 Å². The highest BCUT2D eigenvalue weighted by Gasteiger charge is 2.37. The van der Waals surface area contributed by atoms with Crippen molar-refractivity contribution in [2.24, 2.45) is 17.8 Å². The van der Waals surface area contributed by atoms with Gasteiger partial charge in [0, 0.05) is 0 Å². The maximum Gasteiger partial charge on any atom is 0.342 e. The fraction of sp³-hybridized carbons (Fsp3) is 0.682. The molecule has 1 aromatic carbocycles. The Kier molecular flexibility index (Phi) is 6.36. The lowest BCUT2D eigenvalue weighted by Gasteiger charge is -2.37. The van der Waals surface area contributed by atoms with E-state index in [0.717, 1.165) is 29.9 Å². The van der Waals surface area contributed by atoms with Gasteiger partial charge in [-0.05, 0) is 60.2 Å². The van der Waals surface area contributed by atoms with Crippen LogP contribution >= 0.6 is 23.5 Å². The first-order chi connectivity index (χ1) is 13.5. The zero-order valence-corrected chi connectivity index (χ0v) is 18.6. The molecule has 0 amide bonds. The topological polar surface area (TPSA) is 44.8 Å². The van der Waals surface area contributed by atoms with Crippen molar-refractivity contribution in [1.29, 1.82) is 0 Å². The third-order valence-electron chi connectivity index (χ3n) is 6.08. The number of fused-ring (bicyclic) bond motifs is 1. The second kappa shape index (κ2) is 8.78. The van der Waals surface area contributed by atoms with E-state index in [1.807, 2.05) is 35.7 Å². The number of thioether (sulfide) groups is 2. The Morgan fingerprint density at radius 3 is 2.71 bits per heavy atom. The second-order valence-electron chi connectivity index (χ2n) is 8.46. The van der Waals surface area contributed by atoms with Gasteiger partial charge in [-0.3, -0.25) is 0 Å². The number of benzene rings is 1. The number of hydrogen-bond acceptors (Lipinski definition) is 6. The molecular weight excluding hydrogens is 392 g/mol. The summed E-state index contributed by atoms with van der Waals surface area (Å²) in [5, 5.41) is 0.